The third kappa shape index (κ3) is 2.05. The molecule has 0 aromatic carbocycles. The normalized spacial score (nSPS) is 50.4. The Hall–Kier alpha value is -1.64. The van der Waals surface area contributed by atoms with Gasteiger partial charge in [-0.2, -0.15) is 5.26 Å². The predicted molar refractivity (Wildman–Crippen MR) is 104 cm³/mol. The standard InChI is InChI=1S/C24H29NO4/c1-22-7-6-20-23-8-5-15(26)10-14(23)4-9-24(20,29-13-23)19(22)3-2-18(22)17-12-28-21(27)16(17)11-25/h3,14-15,18,20,26H,2,4-10,12-13H2,1H3/t14-,15-,18+,20+,22+,23+,24+/m0/s1. The Morgan fingerprint density at radius 1 is 1.24 bits per heavy atom. The SMILES string of the molecule is C[C@]12CC[C@@H]3[C@@]45CC[C@H](O)C[C@@H]4CC[C@@]3(OC5)C1=CC[C@@H]2C1=C(C#N)C(=O)OC1. The van der Waals surface area contributed by atoms with Gasteiger partial charge in [0, 0.05) is 5.41 Å². The lowest BCUT2D eigenvalue weighted by Gasteiger charge is -2.59. The van der Waals surface area contributed by atoms with Gasteiger partial charge in [-0.3, -0.25) is 0 Å². The van der Waals surface area contributed by atoms with Crippen LogP contribution in [0, 0.1) is 39.9 Å². The van der Waals surface area contributed by atoms with Crippen LogP contribution < -0.4 is 0 Å². The summed E-state index contributed by atoms with van der Waals surface area (Å²) in [6.07, 6.45) is 10.5. The van der Waals surface area contributed by atoms with Crippen molar-refractivity contribution in [3.8, 4) is 6.07 Å². The molecule has 0 radical (unpaired) electrons. The lowest BCUT2D eigenvalue weighted by atomic mass is 9.45. The minimum atomic E-state index is -0.455. The van der Waals surface area contributed by atoms with E-state index in [0.717, 1.165) is 63.5 Å². The number of carbonyl (C=O) groups is 1. The number of esters is 1. The highest BCUT2D eigenvalue weighted by Gasteiger charge is 2.70. The molecular weight excluding hydrogens is 366 g/mol. The van der Waals surface area contributed by atoms with Gasteiger partial charge in [-0.05, 0) is 85.7 Å². The average Bonchev–Trinajstić information content (AvgIpc) is 3.31. The van der Waals surface area contributed by atoms with Gasteiger partial charge in [0.1, 0.15) is 18.2 Å². The lowest BCUT2D eigenvalue weighted by Crippen LogP contribution is -2.57. The third-order valence-corrected chi connectivity index (χ3v) is 9.80. The van der Waals surface area contributed by atoms with E-state index in [0.29, 0.717) is 11.8 Å². The van der Waals surface area contributed by atoms with Crippen LogP contribution in [0.15, 0.2) is 22.8 Å². The van der Waals surface area contributed by atoms with E-state index in [1.54, 1.807) is 0 Å². The number of aliphatic hydroxyl groups is 1. The monoisotopic (exact) mass is 395 g/mol. The smallest absolute Gasteiger partial charge is 0.349 e. The van der Waals surface area contributed by atoms with Gasteiger partial charge in [0.2, 0.25) is 0 Å². The summed E-state index contributed by atoms with van der Waals surface area (Å²) in [6.45, 7) is 3.43. The summed E-state index contributed by atoms with van der Waals surface area (Å²) in [5.41, 5.74) is 2.59. The van der Waals surface area contributed by atoms with Crippen molar-refractivity contribution in [3.63, 3.8) is 0 Å². The van der Waals surface area contributed by atoms with Gasteiger partial charge in [-0.1, -0.05) is 13.0 Å². The van der Waals surface area contributed by atoms with Crippen molar-refractivity contribution < 1.29 is 19.4 Å². The molecule has 2 aliphatic heterocycles. The Morgan fingerprint density at radius 2 is 2.10 bits per heavy atom. The molecule has 0 unspecified atom stereocenters. The number of hydrogen-bond donors (Lipinski definition) is 1. The van der Waals surface area contributed by atoms with E-state index in [2.05, 4.69) is 19.1 Å². The summed E-state index contributed by atoms with van der Waals surface area (Å²) in [5, 5.41) is 19.8. The first-order valence-electron chi connectivity index (χ1n) is 11.3. The highest BCUT2D eigenvalue weighted by Crippen LogP contribution is 2.72. The fraction of sp³-hybridized carbons (Fsp3) is 0.750. The van der Waals surface area contributed by atoms with Crippen molar-refractivity contribution in [2.24, 2.45) is 28.6 Å². The van der Waals surface area contributed by atoms with E-state index in [1.165, 1.54) is 5.57 Å². The summed E-state index contributed by atoms with van der Waals surface area (Å²) >= 11 is 0. The molecule has 4 fully saturated rings. The number of fused-ring (bicyclic) bond motifs is 1. The number of hydrogen-bond acceptors (Lipinski definition) is 5. The summed E-state index contributed by atoms with van der Waals surface area (Å²) in [7, 11) is 0. The molecule has 7 atom stereocenters. The van der Waals surface area contributed by atoms with E-state index in [9.17, 15) is 15.2 Å². The predicted octanol–water partition coefficient (Wildman–Crippen LogP) is 3.44. The number of cyclic esters (lactones) is 1. The second-order valence-corrected chi connectivity index (χ2v) is 10.6. The van der Waals surface area contributed by atoms with Crippen molar-refractivity contribution in [2.45, 2.75) is 70.0 Å². The number of nitrogens with zero attached hydrogens (tertiary/aromatic N) is 1. The van der Waals surface area contributed by atoms with Gasteiger partial charge in [-0.25, -0.2) is 4.79 Å². The molecule has 4 aliphatic carbocycles. The second kappa shape index (κ2) is 5.74. The topological polar surface area (TPSA) is 79.5 Å². The van der Waals surface area contributed by atoms with Gasteiger partial charge < -0.3 is 14.6 Å². The quantitative estimate of drug-likeness (QED) is 0.543. The number of rotatable bonds is 1. The molecule has 6 aliphatic rings. The highest BCUT2D eigenvalue weighted by atomic mass is 16.5. The Labute approximate surface area is 171 Å². The van der Waals surface area contributed by atoms with Crippen LogP contribution in [0.2, 0.25) is 0 Å². The average molecular weight is 395 g/mol. The number of ether oxygens (including phenoxy) is 2. The highest BCUT2D eigenvalue weighted by molar-refractivity contribution is 5.96. The van der Waals surface area contributed by atoms with E-state index in [4.69, 9.17) is 9.47 Å². The summed E-state index contributed by atoms with van der Waals surface area (Å²) in [4.78, 5) is 12.0. The molecule has 154 valence electrons. The first-order chi connectivity index (χ1) is 13.9. The maximum atomic E-state index is 12.0. The second-order valence-electron chi connectivity index (χ2n) is 10.6. The molecule has 6 rings (SSSR count). The zero-order chi connectivity index (χ0) is 20.0. The zero-order valence-electron chi connectivity index (χ0n) is 17.1. The van der Waals surface area contributed by atoms with Crippen molar-refractivity contribution in [2.75, 3.05) is 13.2 Å². The molecule has 0 aromatic heterocycles. The Kier molecular flexibility index (Phi) is 3.59. The molecule has 5 nitrogen and oxygen atoms in total. The fourth-order valence-electron chi connectivity index (χ4n) is 8.52. The maximum Gasteiger partial charge on any atom is 0.349 e. The van der Waals surface area contributed by atoms with Crippen LogP contribution >= 0.6 is 0 Å². The van der Waals surface area contributed by atoms with Crippen molar-refractivity contribution in [3.05, 3.63) is 22.8 Å². The van der Waals surface area contributed by atoms with Crippen molar-refractivity contribution >= 4 is 5.97 Å². The Balaban J connectivity index is 1.39. The molecule has 1 saturated heterocycles. The number of aliphatic hydroxyl groups excluding tert-OH is 1. The minimum absolute atomic E-state index is 0.0611. The Bertz CT molecular complexity index is 899. The van der Waals surface area contributed by atoms with Crippen LogP contribution in [-0.2, 0) is 14.3 Å². The molecule has 3 saturated carbocycles. The van der Waals surface area contributed by atoms with Gasteiger partial charge in [0.25, 0.3) is 0 Å². The van der Waals surface area contributed by atoms with Gasteiger partial charge >= 0.3 is 5.97 Å². The molecular formula is C24H29NO4. The van der Waals surface area contributed by atoms with Crippen LogP contribution in [0.25, 0.3) is 0 Å². The van der Waals surface area contributed by atoms with Crippen LogP contribution in [0.1, 0.15) is 58.3 Å². The maximum absolute atomic E-state index is 12.0. The van der Waals surface area contributed by atoms with E-state index < -0.39 is 5.97 Å². The van der Waals surface area contributed by atoms with E-state index in [1.807, 2.05) is 0 Å². The summed E-state index contributed by atoms with van der Waals surface area (Å²) in [5.74, 6) is 0.844. The van der Waals surface area contributed by atoms with Gasteiger partial charge in [0.05, 0.1) is 18.3 Å². The molecule has 29 heavy (non-hydrogen) atoms. The molecule has 1 N–H and O–H groups in total. The molecule has 2 bridgehead atoms. The van der Waals surface area contributed by atoms with E-state index >= 15 is 0 Å². The molecule has 0 amide bonds. The zero-order valence-corrected chi connectivity index (χ0v) is 17.1. The molecule has 2 heterocycles. The lowest BCUT2D eigenvalue weighted by molar-refractivity contribution is -0.135. The van der Waals surface area contributed by atoms with Crippen LogP contribution in [-0.4, -0.2) is 36.0 Å². The first-order valence-corrected chi connectivity index (χ1v) is 11.3. The van der Waals surface area contributed by atoms with Gasteiger partial charge in [0.15, 0.2) is 0 Å². The summed E-state index contributed by atoms with van der Waals surface area (Å²) in [6, 6.07) is 2.11. The molecule has 1 spiro atoms. The number of nitriles is 1. The first kappa shape index (κ1) is 18.2. The van der Waals surface area contributed by atoms with Crippen molar-refractivity contribution in [1.82, 2.24) is 0 Å². The van der Waals surface area contributed by atoms with Crippen LogP contribution in [0.3, 0.4) is 0 Å². The summed E-state index contributed by atoms with van der Waals surface area (Å²) < 4.78 is 12.0. The minimum Gasteiger partial charge on any atom is -0.457 e. The largest absolute Gasteiger partial charge is 0.457 e. The van der Waals surface area contributed by atoms with Crippen molar-refractivity contribution in [1.29, 1.82) is 5.26 Å². The molecule has 0 aromatic rings. The van der Waals surface area contributed by atoms with Crippen LogP contribution in [0.4, 0.5) is 0 Å². The Morgan fingerprint density at radius 3 is 2.93 bits per heavy atom. The number of carbonyl (C=O) groups excluding carboxylic acids is 1. The third-order valence-electron chi connectivity index (χ3n) is 9.80. The van der Waals surface area contributed by atoms with Crippen LogP contribution in [0.5, 0.6) is 0 Å². The van der Waals surface area contributed by atoms with Gasteiger partial charge in [-0.15, -0.1) is 0 Å². The fourth-order valence-corrected chi connectivity index (χ4v) is 8.52. The molecule has 5 heteroatoms. The van der Waals surface area contributed by atoms with E-state index in [-0.39, 0.29) is 40.6 Å². The number of allylic oxidation sites excluding steroid dienone is 1.